The van der Waals surface area contributed by atoms with E-state index in [1.54, 1.807) is 24.1 Å². The molecule has 20 heavy (non-hydrogen) atoms. The largest absolute Gasteiger partial charge is 0.393 e. The molecule has 1 heterocycles. The van der Waals surface area contributed by atoms with Gasteiger partial charge < -0.3 is 11.1 Å². The fraction of sp³-hybridized carbons (Fsp3) is 0.167. The third kappa shape index (κ3) is 2.74. The lowest BCUT2D eigenvalue weighted by molar-refractivity contribution is -0.384. The second-order valence-electron chi connectivity index (χ2n) is 4.21. The maximum Gasteiger partial charge on any atom is 0.304 e. The van der Waals surface area contributed by atoms with Gasteiger partial charge in [0, 0.05) is 25.4 Å². The minimum absolute atomic E-state index is 0.0379. The van der Waals surface area contributed by atoms with Gasteiger partial charge in [0.15, 0.2) is 0 Å². The molecule has 104 valence electrons. The first-order valence-corrected chi connectivity index (χ1v) is 5.77. The zero-order valence-corrected chi connectivity index (χ0v) is 10.7. The summed E-state index contributed by atoms with van der Waals surface area (Å²) < 4.78 is 1.60. The molecule has 0 bridgehead atoms. The summed E-state index contributed by atoms with van der Waals surface area (Å²) in [4.78, 5) is 22.3. The lowest BCUT2D eigenvalue weighted by Crippen LogP contribution is -2.23. The number of nitrogen functional groups attached to an aromatic ring is 1. The van der Waals surface area contributed by atoms with E-state index >= 15 is 0 Å². The van der Waals surface area contributed by atoms with E-state index in [-0.39, 0.29) is 23.5 Å². The number of nitrogens with one attached hydrogen (secondary N) is 1. The van der Waals surface area contributed by atoms with E-state index in [0.717, 1.165) is 5.56 Å². The van der Waals surface area contributed by atoms with Crippen molar-refractivity contribution < 1.29 is 9.72 Å². The highest BCUT2D eigenvalue weighted by molar-refractivity contribution is 6.00. The molecule has 0 aliphatic rings. The van der Waals surface area contributed by atoms with Crippen molar-refractivity contribution in [2.75, 3.05) is 5.73 Å². The Balaban J connectivity index is 2.17. The van der Waals surface area contributed by atoms with Gasteiger partial charge >= 0.3 is 5.69 Å². The second-order valence-corrected chi connectivity index (χ2v) is 4.21. The summed E-state index contributed by atoms with van der Waals surface area (Å²) in [7, 11) is 1.76. The highest BCUT2D eigenvalue weighted by Crippen LogP contribution is 2.25. The zero-order valence-electron chi connectivity index (χ0n) is 10.7. The lowest BCUT2D eigenvalue weighted by Gasteiger charge is -2.06. The van der Waals surface area contributed by atoms with Gasteiger partial charge in [-0.1, -0.05) is 6.07 Å². The smallest absolute Gasteiger partial charge is 0.304 e. The molecule has 0 atom stereocenters. The Morgan fingerprint density at radius 2 is 2.30 bits per heavy atom. The number of carbonyl (C=O) groups excluding carboxylic acids is 1. The van der Waals surface area contributed by atoms with Crippen LogP contribution in [0.3, 0.4) is 0 Å². The number of aromatic nitrogens is 2. The fourth-order valence-electron chi connectivity index (χ4n) is 1.79. The van der Waals surface area contributed by atoms with Crippen LogP contribution in [0.25, 0.3) is 0 Å². The number of anilines is 1. The first-order chi connectivity index (χ1) is 9.49. The van der Waals surface area contributed by atoms with Crippen molar-refractivity contribution in [2.45, 2.75) is 6.54 Å². The topological polar surface area (TPSA) is 116 Å². The van der Waals surface area contributed by atoms with Crippen LogP contribution in [0.4, 0.5) is 11.4 Å². The van der Waals surface area contributed by atoms with Crippen molar-refractivity contribution in [1.82, 2.24) is 15.1 Å². The number of rotatable bonds is 4. The molecule has 2 aromatic rings. The van der Waals surface area contributed by atoms with Crippen LogP contribution in [0.15, 0.2) is 30.6 Å². The van der Waals surface area contributed by atoms with E-state index in [0.29, 0.717) is 0 Å². The summed E-state index contributed by atoms with van der Waals surface area (Å²) in [6.45, 7) is 0.235. The van der Waals surface area contributed by atoms with Gasteiger partial charge in [0.25, 0.3) is 5.91 Å². The van der Waals surface area contributed by atoms with Crippen LogP contribution in [0.1, 0.15) is 15.9 Å². The molecule has 3 N–H and O–H groups in total. The van der Waals surface area contributed by atoms with Crippen LogP contribution in [-0.4, -0.2) is 20.6 Å². The Morgan fingerprint density at radius 3 is 2.90 bits per heavy atom. The van der Waals surface area contributed by atoms with Crippen LogP contribution in [0.5, 0.6) is 0 Å². The number of amides is 1. The molecule has 1 aromatic carbocycles. The first-order valence-electron chi connectivity index (χ1n) is 5.77. The average molecular weight is 275 g/mol. The second kappa shape index (κ2) is 5.39. The summed E-state index contributed by atoms with van der Waals surface area (Å²) in [6.07, 6.45) is 3.35. The Labute approximate surface area is 114 Å². The standard InChI is InChI=1S/C12H13N5O3/c1-16-7-8(6-15-16)5-14-12(18)9-3-2-4-10(13)11(9)17(19)20/h2-4,6-7H,5,13H2,1H3,(H,14,18). The predicted octanol–water partition coefficient (Wildman–Crippen LogP) is 0.841. The molecule has 0 radical (unpaired) electrons. The zero-order chi connectivity index (χ0) is 14.7. The molecule has 1 amide bonds. The van der Waals surface area contributed by atoms with E-state index in [1.807, 2.05) is 0 Å². The average Bonchev–Trinajstić information content (AvgIpc) is 2.81. The number of nitrogens with zero attached hydrogens (tertiary/aromatic N) is 3. The molecule has 1 aromatic heterocycles. The molecule has 0 fully saturated rings. The van der Waals surface area contributed by atoms with Crippen LogP contribution < -0.4 is 11.1 Å². The maximum absolute atomic E-state index is 12.0. The minimum atomic E-state index is -0.658. The highest BCUT2D eigenvalue weighted by atomic mass is 16.6. The SMILES string of the molecule is Cn1cc(CNC(=O)c2cccc(N)c2[N+](=O)[O-])cn1. The summed E-state index contributed by atoms with van der Waals surface area (Å²) in [6, 6.07) is 4.25. The molecular formula is C12H13N5O3. The third-order valence-corrected chi connectivity index (χ3v) is 2.71. The van der Waals surface area contributed by atoms with Crippen molar-refractivity contribution in [3.63, 3.8) is 0 Å². The number of nitro groups is 1. The van der Waals surface area contributed by atoms with Gasteiger partial charge in [-0.15, -0.1) is 0 Å². The number of hydrogen-bond acceptors (Lipinski definition) is 5. The van der Waals surface area contributed by atoms with Gasteiger partial charge in [0.2, 0.25) is 0 Å². The molecule has 8 nitrogen and oxygen atoms in total. The molecule has 0 aliphatic carbocycles. The van der Waals surface area contributed by atoms with Crippen LogP contribution in [0.2, 0.25) is 0 Å². The monoisotopic (exact) mass is 275 g/mol. The number of nitro benzene ring substituents is 1. The van der Waals surface area contributed by atoms with Crippen molar-refractivity contribution >= 4 is 17.3 Å². The Hall–Kier alpha value is -2.90. The molecule has 0 saturated heterocycles. The molecule has 0 saturated carbocycles. The van der Waals surface area contributed by atoms with Crippen LogP contribution >= 0.6 is 0 Å². The number of benzene rings is 1. The molecular weight excluding hydrogens is 262 g/mol. The highest BCUT2D eigenvalue weighted by Gasteiger charge is 2.22. The van der Waals surface area contributed by atoms with E-state index in [9.17, 15) is 14.9 Å². The summed E-state index contributed by atoms with van der Waals surface area (Å²) >= 11 is 0. The van der Waals surface area contributed by atoms with E-state index in [2.05, 4.69) is 10.4 Å². The van der Waals surface area contributed by atoms with Crippen molar-refractivity contribution in [1.29, 1.82) is 0 Å². The van der Waals surface area contributed by atoms with Gasteiger partial charge in [-0.3, -0.25) is 19.6 Å². The van der Waals surface area contributed by atoms with Gasteiger partial charge in [-0.05, 0) is 12.1 Å². The number of carbonyl (C=O) groups is 1. The van der Waals surface area contributed by atoms with E-state index in [4.69, 9.17) is 5.73 Å². The Morgan fingerprint density at radius 1 is 1.55 bits per heavy atom. The molecule has 2 rings (SSSR count). The molecule has 0 aliphatic heterocycles. The van der Waals surface area contributed by atoms with Gasteiger partial charge in [-0.25, -0.2) is 0 Å². The number of nitrogens with two attached hydrogens (primary N) is 1. The molecule has 0 spiro atoms. The summed E-state index contributed by atoms with van der Waals surface area (Å²) in [5.41, 5.74) is 5.86. The van der Waals surface area contributed by atoms with Crippen molar-refractivity contribution in [3.8, 4) is 0 Å². The van der Waals surface area contributed by atoms with Crippen molar-refractivity contribution in [3.05, 3.63) is 51.8 Å². The Bertz CT molecular complexity index is 665. The third-order valence-electron chi connectivity index (χ3n) is 2.71. The van der Waals surface area contributed by atoms with E-state index < -0.39 is 10.8 Å². The first kappa shape index (κ1) is 13.5. The van der Waals surface area contributed by atoms with Gasteiger partial charge in [0.1, 0.15) is 11.3 Å². The van der Waals surface area contributed by atoms with Gasteiger partial charge in [0.05, 0.1) is 11.1 Å². The lowest BCUT2D eigenvalue weighted by atomic mass is 10.1. The van der Waals surface area contributed by atoms with Gasteiger partial charge in [-0.2, -0.15) is 5.10 Å². The molecule has 8 heteroatoms. The summed E-state index contributed by atoms with van der Waals surface area (Å²) in [5, 5.41) is 17.5. The fourth-order valence-corrected chi connectivity index (χ4v) is 1.79. The quantitative estimate of drug-likeness (QED) is 0.487. The molecule has 0 unspecified atom stereocenters. The number of para-hydroxylation sites is 1. The number of aryl methyl sites for hydroxylation is 1. The number of hydrogen-bond donors (Lipinski definition) is 2. The minimum Gasteiger partial charge on any atom is -0.393 e. The van der Waals surface area contributed by atoms with Crippen LogP contribution in [0, 0.1) is 10.1 Å². The van der Waals surface area contributed by atoms with E-state index in [1.165, 1.54) is 18.2 Å². The predicted molar refractivity (Wildman–Crippen MR) is 71.9 cm³/mol. The van der Waals surface area contributed by atoms with Crippen LogP contribution in [-0.2, 0) is 13.6 Å². The maximum atomic E-state index is 12.0. The van der Waals surface area contributed by atoms with Crippen molar-refractivity contribution in [2.24, 2.45) is 7.05 Å². The Kier molecular flexibility index (Phi) is 3.65. The normalized spacial score (nSPS) is 10.2. The summed E-state index contributed by atoms with van der Waals surface area (Å²) in [5.74, 6) is -0.548.